The minimum absolute atomic E-state index is 0.00756. The Balaban J connectivity index is 1.89. The van der Waals surface area contributed by atoms with Crippen molar-refractivity contribution in [2.75, 3.05) is 7.11 Å². The SMILES string of the molecule is CCC(NC(=O)CCn1cncn1)c1ccc(OC)cc1. The Morgan fingerprint density at radius 1 is 1.38 bits per heavy atom. The van der Waals surface area contributed by atoms with E-state index in [0.717, 1.165) is 17.7 Å². The molecule has 1 unspecified atom stereocenters. The minimum Gasteiger partial charge on any atom is -0.497 e. The van der Waals surface area contributed by atoms with Gasteiger partial charge in [0.25, 0.3) is 0 Å². The molecule has 1 aromatic carbocycles. The summed E-state index contributed by atoms with van der Waals surface area (Å²) in [6.07, 6.45) is 4.29. The summed E-state index contributed by atoms with van der Waals surface area (Å²) >= 11 is 0. The summed E-state index contributed by atoms with van der Waals surface area (Å²) in [5.41, 5.74) is 1.08. The second-order valence-electron chi connectivity index (χ2n) is 4.71. The van der Waals surface area contributed by atoms with Gasteiger partial charge in [0.2, 0.25) is 5.91 Å². The lowest BCUT2D eigenvalue weighted by molar-refractivity contribution is -0.122. The van der Waals surface area contributed by atoms with Gasteiger partial charge in [-0.15, -0.1) is 0 Å². The van der Waals surface area contributed by atoms with E-state index in [1.807, 2.05) is 31.2 Å². The molecule has 1 aromatic heterocycles. The summed E-state index contributed by atoms with van der Waals surface area (Å²) in [6, 6.07) is 7.77. The number of aryl methyl sites for hydroxylation is 1. The van der Waals surface area contributed by atoms with Gasteiger partial charge in [-0.05, 0) is 24.1 Å². The molecule has 0 fully saturated rings. The first-order valence-corrected chi connectivity index (χ1v) is 6.98. The van der Waals surface area contributed by atoms with E-state index >= 15 is 0 Å². The number of aromatic nitrogens is 3. The van der Waals surface area contributed by atoms with E-state index < -0.39 is 0 Å². The lowest BCUT2D eigenvalue weighted by atomic mass is 10.0. The van der Waals surface area contributed by atoms with Crippen LogP contribution in [0.25, 0.3) is 0 Å². The zero-order valence-corrected chi connectivity index (χ0v) is 12.3. The Kier molecular flexibility index (Phi) is 5.31. The molecule has 0 radical (unpaired) electrons. The smallest absolute Gasteiger partial charge is 0.222 e. The highest BCUT2D eigenvalue weighted by Crippen LogP contribution is 2.20. The summed E-state index contributed by atoms with van der Waals surface area (Å²) < 4.78 is 6.79. The number of carbonyl (C=O) groups excluding carboxylic acids is 1. The van der Waals surface area contributed by atoms with Gasteiger partial charge < -0.3 is 10.1 Å². The van der Waals surface area contributed by atoms with Crippen molar-refractivity contribution in [2.24, 2.45) is 0 Å². The van der Waals surface area contributed by atoms with Crippen LogP contribution in [0.5, 0.6) is 5.75 Å². The highest BCUT2D eigenvalue weighted by molar-refractivity contribution is 5.76. The summed E-state index contributed by atoms with van der Waals surface area (Å²) in [4.78, 5) is 15.9. The van der Waals surface area contributed by atoms with Crippen molar-refractivity contribution < 1.29 is 9.53 Å². The second-order valence-corrected chi connectivity index (χ2v) is 4.71. The highest BCUT2D eigenvalue weighted by atomic mass is 16.5. The van der Waals surface area contributed by atoms with Crippen LogP contribution in [-0.2, 0) is 11.3 Å². The van der Waals surface area contributed by atoms with Crippen molar-refractivity contribution in [1.29, 1.82) is 0 Å². The van der Waals surface area contributed by atoms with Gasteiger partial charge in [-0.25, -0.2) is 4.98 Å². The number of ether oxygens (including phenoxy) is 1. The predicted octanol–water partition coefficient (Wildman–Crippen LogP) is 1.94. The average Bonchev–Trinajstić information content (AvgIpc) is 3.04. The fraction of sp³-hybridized carbons (Fsp3) is 0.400. The number of nitrogens with zero attached hydrogens (tertiary/aromatic N) is 3. The lowest BCUT2D eigenvalue weighted by Gasteiger charge is -2.17. The molecule has 0 aliphatic carbocycles. The summed E-state index contributed by atoms with van der Waals surface area (Å²) in [5.74, 6) is 0.819. The van der Waals surface area contributed by atoms with E-state index in [2.05, 4.69) is 15.4 Å². The number of methoxy groups -OCH3 is 1. The van der Waals surface area contributed by atoms with Crippen LogP contribution < -0.4 is 10.1 Å². The third-order valence-corrected chi connectivity index (χ3v) is 3.30. The van der Waals surface area contributed by atoms with Gasteiger partial charge in [0.15, 0.2) is 0 Å². The predicted molar refractivity (Wildman–Crippen MR) is 78.8 cm³/mol. The van der Waals surface area contributed by atoms with E-state index in [1.165, 1.54) is 6.33 Å². The maximum Gasteiger partial charge on any atom is 0.222 e. The Morgan fingerprint density at radius 3 is 2.71 bits per heavy atom. The summed E-state index contributed by atoms with van der Waals surface area (Å²) in [6.45, 7) is 2.58. The van der Waals surface area contributed by atoms with Crippen molar-refractivity contribution in [3.05, 3.63) is 42.5 Å². The highest BCUT2D eigenvalue weighted by Gasteiger charge is 2.12. The van der Waals surface area contributed by atoms with E-state index in [-0.39, 0.29) is 11.9 Å². The van der Waals surface area contributed by atoms with Crippen LogP contribution in [0.3, 0.4) is 0 Å². The largest absolute Gasteiger partial charge is 0.497 e. The fourth-order valence-electron chi connectivity index (χ4n) is 2.09. The van der Waals surface area contributed by atoms with Crippen molar-refractivity contribution in [2.45, 2.75) is 32.4 Å². The number of carbonyl (C=O) groups is 1. The van der Waals surface area contributed by atoms with Gasteiger partial charge in [0.05, 0.1) is 19.7 Å². The molecule has 0 aliphatic heterocycles. The van der Waals surface area contributed by atoms with Crippen molar-refractivity contribution in [1.82, 2.24) is 20.1 Å². The standard InChI is InChI=1S/C15H20N4O2/c1-3-14(12-4-6-13(21-2)7-5-12)18-15(20)8-9-19-11-16-10-17-19/h4-7,10-11,14H,3,8-9H2,1-2H3,(H,18,20). The molecule has 1 N–H and O–H groups in total. The van der Waals surface area contributed by atoms with E-state index in [4.69, 9.17) is 4.74 Å². The van der Waals surface area contributed by atoms with Crippen LogP contribution in [-0.4, -0.2) is 27.8 Å². The molecule has 0 bridgehead atoms. The topological polar surface area (TPSA) is 69.0 Å². The van der Waals surface area contributed by atoms with Gasteiger partial charge in [-0.1, -0.05) is 19.1 Å². The Bertz CT molecular complexity index is 552. The zero-order valence-electron chi connectivity index (χ0n) is 12.3. The zero-order chi connectivity index (χ0) is 15.1. The van der Waals surface area contributed by atoms with Crippen LogP contribution in [0.1, 0.15) is 31.4 Å². The number of rotatable bonds is 7. The first kappa shape index (κ1) is 15.0. The molecule has 6 nitrogen and oxygen atoms in total. The fourth-order valence-corrected chi connectivity index (χ4v) is 2.09. The second kappa shape index (κ2) is 7.42. The molecule has 112 valence electrons. The van der Waals surface area contributed by atoms with Gasteiger partial charge in [0, 0.05) is 6.42 Å². The molecule has 1 atom stereocenters. The molecule has 0 aliphatic rings. The van der Waals surface area contributed by atoms with E-state index in [0.29, 0.717) is 13.0 Å². The Labute approximate surface area is 124 Å². The molecular weight excluding hydrogens is 268 g/mol. The van der Waals surface area contributed by atoms with Gasteiger partial charge >= 0.3 is 0 Å². The van der Waals surface area contributed by atoms with Gasteiger partial charge in [0.1, 0.15) is 18.4 Å². The molecule has 0 saturated carbocycles. The normalized spacial score (nSPS) is 11.9. The molecule has 1 amide bonds. The van der Waals surface area contributed by atoms with Crippen LogP contribution in [0.15, 0.2) is 36.9 Å². The molecule has 1 heterocycles. The Hall–Kier alpha value is -2.37. The molecule has 21 heavy (non-hydrogen) atoms. The van der Waals surface area contributed by atoms with Gasteiger partial charge in [-0.2, -0.15) is 5.10 Å². The molecule has 2 rings (SSSR count). The maximum absolute atomic E-state index is 12.0. The van der Waals surface area contributed by atoms with Crippen molar-refractivity contribution >= 4 is 5.91 Å². The number of hydrogen-bond acceptors (Lipinski definition) is 4. The first-order valence-electron chi connectivity index (χ1n) is 6.98. The van der Waals surface area contributed by atoms with Crippen molar-refractivity contribution in [3.8, 4) is 5.75 Å². The maximum atomic E-state index is 12.0. The van der Waals surface area contributed by atoms with Crippen LogP contribution >= 0.6 is 0 Å². The average molecular weight is 288 g/mol. The third-order valence-electron chi connectivity index (χ3n) is 3.30. The number of nitrogens with one attached hydrogen (secondary N) is 1. The van der Waals surface area contributed by atoms with Crippen LogP contribution in [0.4, 0.5) is 0 Å². The van der Waals surface area contributed by atoms with Crippen molar-refractivity contribution in [3.63, 3.8) is 0 Å². The number of amides is 1. The number of benzene rings is 1. The quantitative estimate of drug-likeness (QED) is 0.845. The number of hydrogen-bond donors (Lipinski definition) is 1. The molecule has 0 spiro atoms. The monoisotopic (exact) mass is 288 g/mol. The molecular formula is C15H20N4O2. The lowest BCUT2D eigenvalue weighted by Crippen LogP contribution is -2.28. The van der Waals surface area contributed by atoms with E-state index in [9.17, 15) is 4.79 Å². The minimum atomic E-state index is 0.00756. The molecule has 0 saturated heterocycles. The summed E-state index contributed by atoms with van der Waals surface area (Å²) in [5, 5.41) is 7.02. The summed E-state index contributed by atoms with van der Waals surface area (Å²) in [7, 11) is 1.64. The van der Waals surface area contributed by atoms with Gasteiger partial charge in [-0.3, -0.25) is 9.48 Å². The molecule has 6 heteroatoms. The van der Waals surface area contributed by atoms with Crippen LogP contribution in [0.2, 0.25) is 0 Å². The Morgan fingerprint density at radius 2 is 2.14 bits per heavy atom. The van der Waals surface area contributed by atoms with Crippen LogP contribution in [0, 0.1) is 0 Å². The first-order chi connectivity index (χ1) is 10.2. The van der Waals surface area contributed by atoms with E-state index in [1.54, 1.807) is 18.1 Å². The third kappa shape index (κ3) is 4.30. The molecule has 2 aromatic rings.